The standard InChI is InChI=1S/C31H45NO9/c1-34-13-14-36-17-18-38-21-22-40-24-23-39-20-19-37-16-15-35-12-6-11-32-31(33)41-25-30-28-9-4-2-7-26(28)27-8-3-5-10-29(27)30/h2-5,7-10,30H,6,11-25H2,1H3,(H,32,33). The maximum Gasteiger partial charge on any atom is 0.407 e. The number of carbonyl (C=O) groups is 1. The third-order valence-electron chi connectivity index (χ3n) is 6.37. The summed E-state index contributed by atoms with van der Waals surface area (Å²) in [6.07, 6.45) is 0.286. The number of rotatable bonds is 24. The average Bonchev–Trinajstić information content (AvgIpc) is 3.32. The van der Waals surface area contributed by atoms with Crippen molar-refractivity contribution < 1.29 is 42.7 Å². The molecule has 0 spiro atoms. The first-order valence-corrected chi connectivity index (χ1v) is 14.4. The molecule has 41 heavy (non-hydrogen) atoms. The van der Waals surface area contributed by atoms with Crippen molar-refractivity contribution in [2.45, 2.75) is 12.3 Å². The lowest BCUT2D eigenvalue weighted by atomic mass is 9.98. The topological polar surface area (TPSA) is 103 Å². The van der Waals surface area contributed by atoms with Gasteiger partial charge in [-0.05, 0) is 28.7 Å². The number of fused-ring (bicyclic) bond motifs is 3. The first-order chi connectivity index (χ1) is 20.3. The summed E-state index contributed by atoms with van der Waals surface area (Å²) in [7, 11) is 1.64. The molecule has 0 saturated heterocycles. The van der Waals surface area contributed by atoms with E-state index in [0.29, 0.717) is 105 Å². The number of ether oxygens (including phenoxy) is 8. The fourth-order valence-corrected chi connectivity index (χ4v) is 4.36. The Morgan fingerprint density at radius 2 is 1.02 bits per heavy atom. The molecule has 1 amide bonds. The van der Waals surface area contributed by atoms with Crippen LogP contribution < -0.4 is 5.32 Å². The molecule has 0 bridgehead atoms. The van der Waals surface area contributed by atoms with E-state index in [0.717, 1.165) is 0 Å². The van der Waals surface area contributed by atoms with Crippen LogP contribution in [0.15, 0.2) is 48.5 Å². The van der Waals surface area contributed by atoms with Crippen molar-refractivity contribution in [3.63, 3.8) is 0 Å². The predicted molar refractivity (Wildman–Crippen MR) is 154 cm³/mol. The van der Waals surface area contributed by atoms with Crippen LogP contribution in [0.5, 0.6) is 0 Å². The maximum atomic E-state index is 12.2. The van der Waals surface area contributed by atoms with Crippen molar-refractivity contribution in [1.82, 2.24) is 5.32 Å². The van der Waals surface area contributed by atoms with E-state index in [1.807, 2.05) is 24.3 Å². The number of hydrogen-bond donors (Lipinski definition) is 1. The second kappa shape index (κ2) is 21.2. The van der Waals surface area contributed by atoms with Crippen LogP contribution in [0, 0.1) is 0 Å². The van der Waals surface area contributed by atoms with Gasteiger partial charge in [-0.25, -0.2) is 4.79 Å². The molecule has 3 rings (SSSR count). The van der Waals surface area contributed by atoms with E-state index in [1.54, 1.807) is 7.11 Å². The molecule has 1 N–H and O–H groups in total. The van der Waals surface area contributed by atoms with Crippen LogP contribution >= 0.6 is 0 Å². The highest BCUT2D eigenvalue weighted by atomic mass is 16.6. The quantitative estimate of drug-likeness (QED) is 0.188. The summed E-state index contributed by atoms with van der Waals surface area (Å²) >= 11 is 0. The molecule has 0 fully saturated rings. The zero-order valence-electron chi connectivity index (χ0n) is 24.2. The van der Waals surface area contributed by atoms with Gasteiger partial charge in [-0.15, -0.1) is 0 Å². The minimum atomic E-state index is -0.409. The highest BCUT2D eigenvalue weighted by molar-refractivity contribution is 5.79. The second-order valence-corrected chi connectivity index (χ2v) is 9.27. The van der Waals surface area contributed by atoms with Crippen LogP contribution in [0.2, 0.25) is 0 Å². The van der Waals surface area contributed by atoms with Gasteiger partial charge in [-0.3, -0.25) is 0 Å². The first kappa shape index (κ1) is 32.9. The van der Waals surface area contributed by atoms with Gasteiger partial charge in [-0.1, -0.05) is 48.5 Å². The SMILES string of the molecule is COCCOCCOCCOCCOCCOCCOCCCNC(=O)OCC1c2ccccc2-c2ccccc21. The lowest BCUT2D eigenvalue weighted by Crippen LogP contribution is -2.27. The molecule has 2 aromatic carbocycles. The number of nitrogens with one attached hydrogen (secondary N) is 1. The summed E-state index contributed by atoms with van der Waals surface area (Å²) in [5, 5.41) is 2.80. The second-order valence-electron chi connectivity index (χ2n) is 9.27. The third-order valence-corrected chi connectivity index (χ3v) is 6.37. The molecule has 0 aliphatic heterocycles. The van der Waals surface area contributed by atoms with Crippen LogP contribution in [0.1, 0.15) is 23.5 Å². The lowest BCUT2D eigenvalue weighted by Gasteiger charge is -2.14. The van der Waals surface area contributed by atoms with Gasteiger partial charge in [0, 0.05) is 26.2 Å². The minimum absolute atomic E-state index is 0.0585. The molecule has 0 radical (unpaired) electrons. The van der Waals surface area contributed by atoms with Crippen LogP contribution in [0.25, 0.3) is 11.1 Å². The molecule has 2 aromatic rings. The van der Waals surface area contributed by atoms with E-state index in [-0.39, 0.29) is 5.92 Å². The van der Waals surface area contributed by atoms with Gasteiger partial charge in [0.25, 0.3) is 0 Å². The van der Waals surface area contributed by atoms with E-state index in [9.17, 15) is 4.79 Å². The van der Waals surface area contributed by atoms with Crippen molar-refractivity contribution >= 4 is 6.09 Å². The molecule has 10 nitrogen and oxygen atoms in total. The number of benzene rings is 2. The van der Waals surface area contributed by atoms with Crippen molar-refractivity contribution in [2.75, 3.05) is 106 Å². The zero-order valence-corrected chi connectivity index (χ0v) is 24.2. The molecule has 0 heterocycles. The van der Waals surface area contributed by atoms with E-state index in [2.05, 4.69) is 29.6 Å². The lowest BCUT2D eigenvalue weighted by molar-refractivity contribution is -0.0191. The molecule has 1 aliphatic rings. The Labute approximate surface area is 243 Å². The number of alkyl carbamates (subject to hydrolysis) is 1. The molecule has 0 unspecified atom stereocenters. The van der Waals surface area contributed by atoms with Crippen molar-refractivity contribution in [3.8, 4) is 11.1 Å². The fraction of sp³-hybridized carbons (Fsp3) is 0.581. The van der Waals surface area contributed by atoms with Gasteiger partial charge < -0.3 is 43.2 Å². The first-order valence-electron chi connectivity index (χ1n) is 14.4. The number of carbonyl (C=O) groups excluding carboxylic acids is 1. The monoisotopic (exact) mass is 575 g/mol. The van der Waals surface area contributed by atoms with Gasteiger partial charge in [0.15, 0.2) is 0 Å². The van der Waals surface area contributed by atoms with Gasteiger partial charge in [0.2, 0.25) is 0 Å². The Hall–Kier alpha value is -2.57. The molecule has 0 aromatic heterocycles. The highest BCUT2D eigenvalue weighted by Gasteiger charge is 2.28. The van der Waals surface area contributed by atoms with E-state index >= 15 is 0 Å². The Kier molecular flexibility index (Phi) is 17.0. The fourth-order valence-electron chi connectivity index (χ4n) is 4.36. The summed E-state index contributed by atoms with van der Waals surface area (Å²) in [6, 6.07) is 16.6. The molecule has 10 heteroatoms. The Balaban J connectivity index is 1.06. The van der Waals surface area contributed by atoms with Crippen molar-refractivity contribution in [3.05, 3.63) is 59.7 Å². The summed E-state index contributed by atoms with van der Waals surface area (Å²) in [5.74, 6) is 0.0585. The van der Waals surface area contributed by atoms with Gasteiger partial charge in [-0.2, -0.15) is 0 Å². The molecule has 0 atom stereocenters. The summed E-state index contributed by atoms with van der Waals surface area (Å²) in [4.78, 5) is 12.2. The summed E-state index contributed by atoms with van der Waals surface area (Å²) < 4.78 is 43.1. The largest absolute Gasteiger partial charge is 0.449 e. The Bertz CT molecular complexity index is 929. The number of methoxy groups -OCH3 is 1. The Morgan fingerprint density at radius 3 is 1.49 bits per heavy atom. The maximum absolute atomic E-state index is 12.2. The molecule has 1 aliphatic carbocycles. The predicted octanol–water partition coefficient (Wildman–Crippen LogP) is 3.66. The minimum Gasteiger partial charge on any atom is -0.449 e. The van der Waals surface area contributed by atoms with Crippen LogP contribution in [0.4, 0.5) is 4.79 Å². The Morgan fingerprint density at radius 1 is 0.610 bits per heavy atom. The highest BCUT2D eigenvalue weighted by Crippen LogP contribution is 2.44. The molecule has 0 saturated carbocycles. The summed E-state index contributed by atoms with van der Waals surface area (Å²) in [6.45, 7) is 7.67. The number of amides is 1. The van der Waals surface area contributed by atoms with Crippen LogP contribution in [0.3, 0.4) is 0 Å². The smallest absolute Gasteiger partial charge is 0.407 e. The van der Waals surface area contributed by atoms with Crippen molar-refractivity contribution in [1.29, 1.82) is 0 Å². The van der Waals surface area contributed by atoms with E-state index in [1.165, 1.54) is 22.3 Å². The number of hydrogen-bond acceptors (Lipinski definition) is 9. The molecular formula is C31H45NO9. The van der Waals surface area contributed by atoms with E-state index in [4.69, 9.17) is 37.9 Å². The van der Waals surface area contributed by atoms with Crippen LogP contribution in [-0.4, -0.2) is 112 Å². The van der Waals surface area contributed by atoms with Gasteiger partial charge in [0.1, 0.15) is 6.61 Å². The molecule has 228 valence electrons. The van der Waals surface area contributed by atoms with E-state index < -0.39 is 6.09 Å². The van der Waals surface area contributed by atoms with Gasteiger partial charge >= 0.3 is 6.09 Å². The molecular weight excluding hydrogens is 530 g/mol. The third kappa shape index (κ3) is 12.9. The summed E-state index contributed by atoms with van der Waals surface area (Å²) in [5.41, 5.74) is 4.83. The van der Waals surface area contributed by atoms with Gasteiger partial charge in [0.05, 0.1) is 79.3 Å². The normalized spacial score (nSPS) is 12.3. The van der Waals surface area contributed by atoms with Crippen LogP contribution in [-0.2, 0) is 37.9 Å². The zero-order chi connectivity index (χ0) is 28.8. The average molecular weight is 576 g/mol. The van der Waals surface area contributed by atoms with Crippen molar-refractivity contribution in [2.24, 2.45) is 0 Å².